The van der Waals surface area contributed by atoms with Crippen molar-refractivity contribution in [2.75, 3.05) is 33.0 Å². The van der Waals surface area contributed by atoms with Crippen LogP contribution in [0, 0.1) is 0 Å². The Kier molecular flexibility index (Phi) is 44.1. The van der Waals surface area contributed by atoms with Gasteiger partial charge in [-0.15, -0.1) is 0 Å². The highest BCUT2D eigenvalue weighted by Crippen LogP contribution is 2.43. The van der Waals surface area contributed by atoms with Crippen LogP contribution in [0.2, 0.25) is 0 Å². The van der Waals surface area contributed by atoms with Crippen molar-refractivity contribution in [3.8, 4) is 0 Å². The van der Waals surface area contributed by atoms with Crippen LogP contribution in [-0.4, -0.2) is 66.3 Å². The molecule has 0 bridgehead atoms. The number of rotatable bonds is 47. The van der Waals surface area contributed by atoms with Crippen molar-refractivity contribution in [2.45, 2.75) is 251 Å². The third-order valence-electron chi connectivity index (χ3n) is 10.7. The number of aliphatic hydroxyl groups is 2. The van der Waals surface area contributed by atoms with Crippen LogP contribution in [0.3, 0.4) is 0 Å². The van der Waals surface area contributed by atoms with E-state index in [4.69, 9.17) is 23.6 Å². The fourth-order valence-corrected chi connectivity index (χ4v) is 7.79. The summed E-state index contributed by atoms with van der Waals surface area (Å²) >= 11 is 0. The third-order valence-corrected chi connectivity index (χ3v) is 11.7. The average Bonchev–Trinajstić information content (AvgIpc) is 3.20. The molecule has 0 aromatic carbocycles. The molecule has 0 saturated heterocycles. The van der Waals surface area contributed by atoms with Gasteiger partial charge in [-0.05, 0) is 38.5 Å². The molecule has 340 valence electrons. The number of aliphatic hydroxyl groups excluding tert-OH is 2. The molecule has 0 heterocycles. The maximum Gasteiger partial charge on any atom is 0.472 e. The molecule has 0 radical (unpaired) electrons. The summed E-state index contributed by atoms with van der Waals surface area (Å²) in [5.74, 6) is -0.388. The normalized spacial score (nSPS) is 14.0. The minimum absolute atomic E-state index is 0.0519. The molecular weight excluding hydrogens is 739 g/mol. The Morgan fingerprint density at radius 1 is 0.526 bits per heavy atom. The molecule has 0 aromatic heterocycles. The van der Waals surface area contributed by atoms with Crippen LogP contribution in [0.25, 0.3) is 0 Å². The van der Waals surface area contributed by atoms with Crippen molar-refractivity contribution < 1.29 is 43.0 Å². The lowest BCUT2D eigenvalue weighted by Gasteiger charge is -2.20. The number of hydrogen-bond donors (Lipinski definition) is 3. The van der Waals surface area contributed by atoms with E-state index in [9.17, 15) is 19.4 Å². The Labute approximate surface area is 351 Å². The first-order chi connectivity index (χ1) is 27.8. The van der Waals surface area contributed by atoms with Crippen molar-refractivity contribution >= 4 is 13.8 Å². The molecule has 57 heavy (non-hydrogen) atoms. The number of ether oxygens (including phenoxy) is 2. The smallest absolute Gasteiger partial charge is 0.457 e. The highest BCUT2D eigenvalue weighted by Gasteiger charge is 2.26. The Morgan fingerprint density at radius 2 is 0.895 bits per heavy atom. The van der Waals surface area contributed by atoms with Crippen molar-refractivity contribution in [3.63, 3.8) is 0 Å². The van der Waals surface area contributed by atoms with E-state index in [1.54, 1.807) is 0 Å². The van der Waals surface area contributed by atoms with Gasteiger partial charge in [0.2, 0.25) is 0 Å². The number of phosphoric ester groups is 1. The topological polar surface area (TPSA) is 132 Å². The standard InChI is InChI=1S/C47H93O9P/c1-3-5-7-9-11-13-15-17-18-19-20-21-22-23-24-25-26-27-28-30-32-34-36-38-40-53-43-46(44-55-57(51,52)54-42-45(49)41-48)56-47(50)39-37-35-33-31-29-16-14-12-10-8-6-4-2/h12,14,45-46,48-49H,3-11,13,15-44H2,1-2H3,(H,51,52)/b14-12-. The Hall–Kier alpha value is -0.800. The van der Waals surface area contributed by atoms with Gasteiger partial charge in [0.05, 0.1) is 26.4 Å². The molecule has 0 amide bonds. The number of esters is 1. The van der Waals surface area contributed by atoms with Crippen molar-refractivity contribution in [3.05, 3.63) is 12.2 Å². The quantitative estimate of drug-likeness (QED) is 0.0237. The maximum absolute atomic E-state index is 12.6. The second kappa shape index (κ2) is 44.7. The minimum atomic E-state index is -4.51. The lowest BCUT2D eigenvalue weighted by Crippen LogP contribution is -2.29. The van der Waals surface area contributed by atoms with E-state index in [1.807, 2.05) is 0 Å². The molecule has 0 spiro atoms. The Bertz CT molecular complexity index is 902. The molecule has 0 rings (SSSR count). The van der Waals surface area contributed by atoms with Gasteiger partial charge < -0.3 is 24.6 Å². The van der Waals surface area contributed by atoms with E-state index in [-0.39, 0.29) is 25.6 Å². The average molecular weight is 833 g/mol. The summed E-state index contributed by atoms with van der Waals surface area (Å²) in [4.78, 5) is 22.6. The van der Waals surface area contributed by atoms with Crippen LogP contribution in [-0.2, 0) is 27.9 Å². The number of unbranched alkanes of at least 4 members (excludes halogenated alkanes) is 31. The van der Waals surface area contributed by atoms with Crippen LogP contribution >= 0.6 is 7.82 Å². The maximum atomic E-state index is 12.6. The second-order valence-corrected chi connectivity index (χ2v) is 17.9. The molecule has 0 aromatic rings. The van der Waals surface area contributed by atoms with Crippen molar-refractivity contribution in [1.82, 2.24) is 0 Å². The molecule has 0 saturated carbocycles. The zero-order chi connectivity index (χ0) is 41.8. The van der Waals surface area contributed by atoms with Gasteiger partial charge in [0.1, 0.15) is 12.2 Å². The van der Waals surface area contributed by atoms with E-state index >= 15 is 0 Å². The van der Waals surface area contributed by atoms with Gasteiger partial charge in [0.15, 0.2) is 0 Å². The van der Waals surface area contributed by atoms with E-state index in [2.05, 4.69) is 26.0 Å². The number of phosphoric acid groups is 1. The van der Waals surface area contributed by atoms with Crippen molar-refractivity contribution in [2.24, 2.45) is 0 Å². The molecule has 0 aliphatic rings. The zero-order valence-electron chi connectivity index (χ0n) is 37.3. The Balaban J connectivity index is 3.97. The number of hydrogen-bond acceptors (Lipinski definition) is 8. The number of allylic oxidation sites excluding steroid dienone is 2. The SMILES string of the molecule is CCCCC/C=C\CCCCCCCC(=O)OC(COCCCCCCCCCCCCCCCCCCCCCCCCCC)COP(=O)(O)OCC(O)CO. The van der Waals surface area contributed by atoms with E-state index in [0.717, 1.165) is 51.4 Å². The second-order valence-electron chi connectivity index (χ2n) is 16.5. The summed E-state index contributed by atoms with van der Waals surface area (Å²) in [6.45, 7) is 3.53. The predicted molar refractivity (Wildman–Crippen MR) is 238 cm³/mol. The lowest BCUT2D eigenvalue weighted by molar-refractivity contribution is -0.154. The highest BCUT2D eigenvalue weighted by atomic mass is 31.2. The Morgan fingerprint density at radius 3 is 1.35 bits per heavy atom. The number of carbonyl (C=O) groups excluding carboxylic acids is 1. The summed E-state index contributed by atoms with van der Waals surface area (Å²) in [6, 6.07) is 0. The van der Waals surface area contributed by atoms with Gasteiger partial charge in [-0.1, -0.05) is 206 Å². The monoisotopic (exact) mass is 833 g/mol. The first kappa shape index (κ1) is 56.2. The summed E-state index contributed by atoms with van der Waals surface area (Å²) in [7, 11) is -4.51. The molecule has 3 N–H and O–H groups in total. The fourth-order valence-electron chi connectivity index (χ4n) is 7.00. The van der Waals surface area contributed by atoms with Crippen LogP contribution in [0.4, 0.5) is 0 Å². The summed E-state index contributed by atoms with van der Waals surface area (Å²) in [5, 5.41) is 18.4. The van der Waals surface area contributed by atoms with Crippen LogP contribution < -0.4 is 0 Å². The van der Waals surface area contributed by atoms with Crippen LogP contribution in [0.1, 0.15) is 239 Å². The van der Waals surface area contributed by atoms with E-state index < -0.39 is 33.2 Å². The summed E-state index contributed by atoms with van der Waals surface area (Å²) in [5.41, 5.74) is 0. The van der Waals surface area contributed by atoms with Gasteiger partial charge in [0, 0.05) is 13.0 Å². The van der Waals surface area contributed by atoms with Gasteiger partial charge in [-0.2, -0.15) is 0 Å². The van der Waals surface area contributed by atoms with Gasteiger partial charge in [0.25, 0.3) is 0 Å². The molecule has 3 atom stereocenters. The molecule has 10 heteroatoms. The third kappa shape index (κ3) is 44.6. The van der Waals surface area contributed by atoms with E-state index in [1.165, 1.54) is 167 Å². The molecule has 0 aliphatic heterocycles. The molecule has 3 unspecified atom stereocenters. The first-order valence-corrected chi connectivity index (χ1v) is 25.7. The largest absolute Gasteiger partial charge is 0.472 e. The first-order valence-electron chi connectivity index (χ1n) is 24.2. The van der Waals surface area contributed by atoms with Crippen LogP contribution in [0.5, 0.6) is 0 Å². The van der Waals surface area contributed by atoms with Gasteiger partial charge >= 0.3 is 13.8 Å². The predicted octanol–water partition coefficient (Wildman–Crippen LogP) is 13.7. The number of carbonyl (C=O) groups is 1. The van der Waals surface area contributed by atoms with E-state index in [0.29, 0.717) is 6.61 Å². The summed E-state index contributed by atoms with van der Waals surface area (Å²) in [6.07, 6.45) is 46.2. The highest BCUT2D eigenvalue weighted by molar-refractivity contribution is 7.47. The van der Waals surface area contributed by atoms with Crippen molar-refractivity contribution in [1.29, 1.82) is 0 Å². The molecule has 9 nitrogen and oxygen atoms in total. The zero-order valence-corrected chi connectivity index (χ0v) is 38.2. The molecular formula is C47H93O9P. The lowest BCUT2D eigenvalue weighted by atomic mass is 10.0. The fraction of sp³-hybridized carbons (Fsp3) is 0.936. The summed E-state index contributed by atoms with van der Waals surface area (Å²) < 4.78 is 33.4. The van der Waals surface area contributed by atoms with Gasteiger partial charge in [-0.25, -0.2) is 4.57 Å². The minimum Gasteiger partial charge on any atom is -0.457 e. The van der Waals surface area contributed by atoms with Gasteiger partial charge in [-0.3, -0.25) is 13.8 Å². The molecule has 0 aliphatic carbocycles. The molecule has 0 fully saturated rings. The van der Waals surface area contributed by atoms with Crippen LogP contribution in [0.15, 0.2) is 12.2 Å².